The predicted octanol–water partition coefficient (Wildman–Crippen LogP) is 7.02. The van der Waals surface area contributed by atoms with Crippen LogP contribution in [0.2, 0.25) is 0 Å². The number of pyridine rings is 2. The lowest BCUT2D eigenvalue weighted by Crippen LogP contribution is -2.06. The molecule has 31 heavy (non-hydrogen) atoms. The van der Waals surface area contributed by atoms with E-state index in [0.29, 0.717) is 17.2 Å². The highest BCUT2D eigenvalue weighted by Gasteiger charge is 2.19. The second-order valence-corrected chi connectivity index (χ2v) is 8.95. The topological polar surface area (TPSA) is 78.1 Å². The average Bonchev–Trinajstić information content (AvgIpc) is 3.14. The van der Waals surface area contributed by atoms with Gasteiger partial charge in [0.25, 0.3) is 0 Å². The SMILES string of the molecule is CCCCCCCCCCCCOC(=O)c1sc2nc(-c3cccnc3)ccc2c1N. The molecule has 6 heteroatoms. The van der Waals surface area contributed by atoms with Gasteiger partial charge in [0.2, 0.25) is 0 Å². The molecule has 166 valence electrons. The van der Waals surface area contributed by atoms with Crippen molar-refractivity contribution < 1.29 is 9.53 Å². The van der Waals surface area contributed by atoms with Crippen LogP contribution in [0.5, 0.6) is 0 Å². The monoisotopic (exact) mass is 439 g/mol. The zero-order chi connectivity index (χ0) is 21.9. The van der Waals surface area contributed by atoms with Gasteiger partial charge in [0.05, 0.1) is 18.0 Å². The fourth-order valence-electron chi connectivity index (χ4n) is 3.64. The van der Waals surface area contributed by atoms with E-state index < -0.39 is 0 Å². The van der Waals surface area contributed by atoms with Crippen molar-refractivity contribution in [2.45, 2.75) is 71.1 Å². The number of anilines is 1. The Hall–Kier alpha value is -2.47. The van der Waals surface area contributed by atoms with Gasteiger partial charge in [-0.15, -0.1) is 11.3 Å². The number of unbranched alkanes of at least 4 members (excludes halogenated alkanes) is 9. The fourth-order valence-corrected chi connectivity index (χ4v) is 4.63. The molecule has 0 aliphatic carbocycles. The normalized spacial score (nSPS) is 11.1. The van der Waals surface area contributed by atoms with Crippen LogP contribution in [0.1, 0.15) is 80.8 Å². The van der Waals surface area contributed by atoms with E-state index in [-0.39, 0.29) is 5.97 Å². The summed E-state index contributed by atoms with van der Waals surface area (Å²) in [4.78, 5) is 22.5. The molecule has 0 saturated heterocycles. The van der Waals surface area contributed by atoms with Gasteiger partial charge in [-0.25, -0.2) is 9.78 Å². The first-order valence-electron chi connectivity index (χ1n) is 11.5. The number of ether oxygens (including phenoxy) is 1. The Labute approximate surface area is 189 Å². The maximum Gasteiger partial charge on any atom is 0.350 e. The summed E-state index contributed by atoms with van der Waals surface area (Å²) in [7, 11) is 0. The summed E-state index contributed by atoms with van der Waals surface area (Å²) in [6, 6.07) is 7.65. The molecule has 2 N–H and O–H groups in total. The molecule has 3 heterocycles. The Morgan fingerprint density at radius 2 is 1.71 bits per heavy atom. The van der Waals surface area contributed by atoms with E-state index in [2.05, 4.69) is 16.9 Å². The predicted molar refractivity (Wildman–Crippen MR) is 129 cm³/mol. The van der Waals surface area contributed by atoms with E-state index in [9.17, 15) is 4.79 Å². The molecule has 3 aromatic heterocycles. The third-order valence-corrected chi connectivity index (χ3v) is 6.56. The zero-order valence-electron chi connectivity index (χ0n) is 18.4. The molecule has 0 bridgehead atoms. The molecule has 0 saturated carbocycles. The Morgan fingerprint density at radius 3 is 2.39 bits per heavy atom. The minimum atomic E-state index is -0.348. The number of fused-ring (bicyclic) bond motifs is 1. The number of carbonyl (C=O) groups is 1. The Kier molecular flexibility index (Phi) is 9.28. The number of rotatable bonds is 13. The van der Waals surface area contributed by atoms with E-state index in [1.807, 2.05) is 24.3 Å². The first-order chi connectivity index (χ1) is 15.2. The van der Waals surface area contributed by atoms with Gasteiger partial charge in [-0.05, 0) is 30.7 Å². The van der Waals surface area contributed by atoms with E-state index in [4.69, 9.17) is 10.5 Å². The number of carbonyl (C=O) groups excluding carboxylic acids is 1. The lowest BCUT2D eigenvalue weighted by molar-refractivity contribution is 0.0504. The molecule has 3 rings (SSSR count). The van der Waals surface area contributed by atoms with Crippen molar-refractivity contribution in [1.29, 1.82) is 0 Å². The molecule has 0 radical (unpaired) electrons. The minimum absolute atomic E-state index is 0.348. The molecule has 5 nitrogen and oxygen atoms in total. The lowest BCUT2D eigenvalue weighted by atomic mass is 10.1. The van der Waals surface area contributed by atoms with Crippen LogP contribution in [0, 0.1) is 0 Å². The van der Waals surface area contributed by atoms with Crippen LogP contribution in [0.3, 0.4) is 0 Å². The van der Waals surface area contributed by atoms with Gasteiger partial charge in [-0.2, -0.15) is 0 Å². The molecule has 0 aliphatic rings. The second kappa shape index (κ2) is 12.4. The highest BCUT2D eigenvalue weighted by Crippen LogP contribution is 2.34. The van der Waals surface area contributed by atoms with Gasteiger partial charge in [0.1, 0.15) is 9.71 Å². The Morgan fingerprint density at radius 1 is 1.00 bits per heavy atom. The first-order valence-corrected chi connectivity index (χ1v) is 12.3. The van der Waals surface area contributed by atoms with Crippen LogP contribution in [-0.2, 0) is 4.74 Å². The van der Waals surface area contributed by atoms with Crippen LogP contribution >= 0.6 is 11.3 Å². The molecule has 0 fully saturated rings. The zero-order valence-corrected chi connectivity index (χ0v) is 19.3. The van der Waals surface area contributed by atoms with Gasteiger partial charge >= 0.3 is 5.97 Å². The highest BCUT2D eigenvalue weighted by molar-refractivity contribution is 7.21. The smallest absolute Gasteiger partial charge is 0.350 e. The number of nitrogen functional groups attached to an aromatic ring is 1. The maximum absolute atomic E-state index is 12.5. The molecule has 0 aliphatic heterocycles. The van der Waals surface area contributed by atoms with Crippen molar-refractivity contribution in [3.63, 3.8) is 0 Å². The Bertz CT molecular complexity index is 956. The largest absolute Gasteiger partial charge is 0.461 e. The molecular formula is C25H33N3O2S. The molecule has 0 unspecified atom stereocenters. The summed E-state index contributed by atoms with van der Waals surface area (Å²) < 4.78 is 5.48. The maximum atomic E-state index is 12.5. The summed E-state index contributed by atoms with van der Waals surface area (Å²) in [6.45, 7) is 2.69. The van der Waals surface area contributed by atoms with E-state index in [1.165, 1.54) is 62.7 Å². The van der Waals surface area contributed by atoms with Crippen LogP contribution in [-0.4, -0.2) is 22.5 Å². The van der Waals surface area contributed by atoms with Gasteiger partial charge in [-0.1, -0.05) is 64.7 Å². The van der Waals surface area contributed by atoms with Crippen molar-refractivity contribution in [3.05, 3.63) is 41.5 Å². The van der Waals surface area contributed by atoms with E-state index in [1.54, 1.807) is 12.4 Å². The summed E-state index contributed by atoms with van der Waals surface area (Å²) in [5.74, 6) is -0.348. The summed E-state index contributed by atoms with van der Waals surface area (Å²) >= 11 is 1.29. The number of esters is 1. The van der Waals surface area contributed by atoms with Crippen LogP contribution in [0.4, 0.5) is 5.69 Å². The fraction of sp³-hybridized carbons (Fsp3) is 0.480. The molecule has 0 amide bonds. The van der Waals surface area contributed by atoms with E-state index >= 15 is 0 Å². The van der Waals surface area contributed by atoms with Crippen molar-refractivity contribution >= 4 is 33.2 Å². The highest BCUT2D eigenvalue weighted by atomic mass is 32.1. The quantitative estimate of drug-likeness (QED) is 0.229. The van der Waals surface area contributed by atoms with E-state index in [0.717, 1.165) is 34.3 Å². The van der Waals surface area contributed by atoms with Crippen molar-refractivity contribution in [3.8, 4) is 11.3 Å². The van der Waals surface area contributed by atoms with Crippen LogP contribution in [0.15, 0.2) is 36.7 Å². The van der Waals surface area contributed by atoms with Crippen molar-refractivity contribution in [2.75, 3.05) is 12.3 Å². The number of nitrogens with two attached hydrogens (primary N) is 1. The first kappa shape index (κ1) is 23.2. The van der Waals surface area contributed by atoms with Gasteiger partial charge < -0.3 is 10.5 Å². The minimum Gasteiger partial charge on any atom is -0.461 e. The number of thiophene rings is 1. The second-order valence-electron chi connectivity index (χ2n) is 7.95. The van der Waals surface area contributed by atoms with Crippen molar-refractivity contribution in [2.24, 2.45) is 0 Å². The number of hydrogen-bond donors (Lipinski definition) is 1. The average molecular weight is 440 g/mol. The molecular weight excluding hydrogens is 406 g/mol. The third kappa shape index (κ3) is 6.76. The standard InChI is InChI=1S/C25H33N3O2S/c1-2-3-4-5-6-7-8-9-10-11-17-30-25(29)23-22(26)20-14-15-21(28-24(20)31-23)19-13-12-16-27-18-19/h12-16,18H,2-11,17,26H2,1H3. The van der Waals surface area contributed by atoms with Crippen molar-refractivity contribution in [1.82, 2.24) is 9.97 Å². The van der Waals surface area contributed by atoms with Gasteiger partial charge in [0.15, 0.2) is 0 Å². The van der Waals surface area contributed by atoms with Gasteiger partial charge in [-0.3, -0.25) is 4.98 Å². The molecule has 3 aromatic rings. The Balaban J connectivity index is 1.43. The van der Waals surface area contributed by atoms with Gasteiger partial charge in [0, 0.05) is 23.3 Å². The van der Waals surface area contributed by atoms with Crippen LogP contribution < -0.4 is 5.73 Å². The molecule has 0 aromatic carbocycles. The summed E-state index contributed by atoms with van der Waals surface area (Å²) in [5.41, 5.74) is 8.42. The number of nitrogens with zero attached hydrogens (tertiary/aromatic N) is 2. The summed E-state index contributed by atoms with van der Waals surface area (Å²) in [5, 5.41) is 0.795. The lowest BCUT2D eigenvalue weighted by Gasteiger charge is -2.04. The molecule has 0 spiro atoms. The molecule has 0 atom stereocenters. The van der Waals surface area contributed by atoms with Crippen LogP contribution in [0.25, 0.3) is 21.5 Å². The number of hydrogen-bond acceptors (Lipinski definition) is 6. The summed E-state index contributed by atoms with van der Waals surface area (Å²) in [6.07, 6.45) is 16.0. The number of aromatic nitrogens is 2. The third-order valence-electron chi connectivity index (χ3n) is 5.47.